The Hall–Kier alpha value is -1.95. The number of aromatic nitrogens is 2. The molecule has 1 aliphatic carbocycles. The molecular formula is C23H27Cl2N3O2. The van der Waals surface area contributed by atoms with E-state index in [0.29, 0.717) is 11.6 Å². The molecule has 1 aromatic carbocycles. The molecule has 160 valence electrons. The van der Waals surface area contributed by atoms with Crippen LogP contribution >= 0.6 is 23.2 Å². The monoisotopic (exact) mass is 447 g/mol. The number of carbonyl (C=O) groups is 1. The highest BCUT2D eigenvalue weighted by molar-refractivity contribution is 6.39. The Balaban J connectivity index is 2.04. The molecule has 0 bridgehead atoms. The summed E-state index contributed by atoms with van der Waals surface area (Å²) in [6.45, 7) is 4.23. The average Bonchev–Trinajstić information content (AvgIpc) is 3.55. The van der Waals surface area contributed by atoms with Crippen molar-refractivity contribution in [2.45, 2.75) is 51.9 Å². The van der Waals surface area contributed by atoms with Crippen molar-refractivity contribution in [1.82, 2.24) is 9.97 Å². The average molecular weight is 448 g/mol. The Morgan fingerprint density at radius 1 is 1.27 bits per heavy atom. The van der Waals surface area contributed by atoms with E-state index >= 15 is 0 Å². The zero-order valence-electron chi connectivity index (χ0n) is 17.4. The molecular weight excluding hydrogens is 421 g/mol. The fourth-order valence-electron chi connectivity index (χ4n) is 3.53. The van der Waals surface area contributed by atoms with Crippen LogP contribution in [0, 0.1) is 6.92 Å². The summed E-state index contributed by atoms with van der Waals surface area (Å²) in [5.41, 5.74) is 4.34. The van der Waals surface area contributed by atoms with E-state index in [0.717, 1.165) is 37.7 Å². The van der Waals surface area contributed by atoms with Crippen molar-refractivity contribution in [1.29, 1.82) is 0 Å². The molecule has 7 heteroatoms. The molecule has 0 spiro atoms. The van der Waals surface area contributed by atoms with E-state index in [1.807, 2.05) is 6.07 Å². The van der Waals surface area contributed by atoms with E-state index in [-0.39, 0.29) is 29.0 Å². The number of benzene rings is 1. The lowest BCUT2D eigenvalue weighted by molar-refractivity contribution is 0.0980. The molecule has 0 aliphatic heterocycles. The third-order valence-corrected chi connectivity index (χ3v) is 5.93. The van der Waals surface area contributed by atoms with Gasteiger partial charge in [-0.05, 0) is 60.9 Å². The molecule has 3 rings (SSSR count). The number of hydrogen-bond donors (Lipinski definition) is 1. The van der Waals surface area contributed by atoms with Crippen LogP contribution in [0.3, 0.4) is 0 Å². The molecule has 0 saturated heterocycles. The molecule has 2 aromatic rings. The van der Waals surface area contributed by atoms with Crippen LogP contribution in [0.4, 0.5) is 5.69 Å². The van der Waals surface area contributed by atoms with Gasteiger partial charge in [-0.3, -0.25) is 4.79 Å². The van der Waals surface area contributed by atoms with Crippen LogP contribution in [0.2, 0.25) is 10.3 Å². The number of nitrogens with zero attached hydrogens (tertiary/aromatic N) is 3. The molecule has 1 fully saturated rings. The van der Waals surface area contributed by atoms with Crippen LogP contribution in [0.1, 0.15) is 72.0 Å². The van der Waals surface area contributed by atoms with Crippen molar-refractivity contribution in [3.8, 4) is 0 Å². The molecule has 0 atom stereocenters. The number of amides is 1. The van der Waals surface area contributed by atoms with Gasteiger partial charge in [-0.2, -0.15) is 0 Å². The minimum Gasteiger partial charge on any atom is -0.395 e. The SMILES string of the molecule is CCCC/C=C\c1cc(N(CCO)C(=O)c2c(Cl)ncnc2Cl)cc(C2CC2)c1C. The van der Waals surface area contributed by atoms with Crippen LogP contribution in [0.15, 0.2) is 24.5 Å². The van der Waals surface area contributed by atoms with Gasteiger partial charge in [0.2, 0.25) is 0 Å². The number of allylic oxidation sites excluding steroid dienone is 1. The molecule has 0 radical (unpaired) electrons. The van der Waals surface area contributed by atoms with Crippen LogP contribution in [0.25, 0.3) is 6.08 Å². The number of carbonyl (C=O) groups excluding carboxylic acids is 1. The molecule has 1 aromatic heterocycles. The van der Waals surface area contributed by atoms with Crippen LogP contribution in [0.5, 0.6) is 0 Å². The zero-order chi connectivity index (χ0) is 21.7. The number of aliphatic hydroxyl groups excluding tert-OH is 1. The minimum atomic E-state index is -0.425. The third kappa shape index (κ3) is 5.20. The Kier molecular flexibility index (Phi) is 7.87. The normalized spacial score (nSPS) is 13.8. The summed E-state index contributed by atoms with van der Waals surface area (Å²) in [5, 5.41) is 9.64. The molecule has 1 amide bonds. The largest absolute Gasteiger partial charge is 0.395 e. The zero-order valence-corrected chi connectivity index (χ0v) is 18.9. The summed E-state index contributed by atoms with van der Waals surface area (Å²) in [6, 6.07) is 4.04. The van der Waals surface area contributed by atoms with Crippen LogP contribution in [-0.2, 0) is 0 Å². The van der Waals surface area contributed by atoms with Crippen molar-refractivity contribution in [3.05, 3.63) is 57.1 Å². The molecule has 1 heterocycles. The van der Waals surface area contributed by atoms with Crippen molar-refractivity contribution in [3.63, 3.8) is 0 Å². The van der Waals surface area contributed by atoms with Gasteiger partial charge in [-0.25, -0.2) is 9.97 Å². The second-order valence-corrected chi connectivity index (χ2v) is 8.29. The van der Waals surface area contributed by atoms with Crippen molar-refractivity contribution >= 4 is 40.9 Å². The van der Waals surface area contributed by atoms with Crippen molar-refractivity contribution in [2.75, 3.05) is 18.1 Å². The summed E-state index contributed by atoms with van der Waals surface area (Å²) >= 11 is 12.3. The first kappa shape index (κ1) is 22.7. The predicted octanol–water partition coefficient (Wildman–Crippen LogP) is 5.81. The van der Waals surface area contributed by atoms with Gasteiger partial charge in [0.1, 0.15) is 22.2 Å². The second kappa shape index (κ2) is 10.4. The van der Waals surface area contributed by atoms with Gasteiger partial charge in [0, 0.05) is 12.2 Å². The second-order valence-electron chi connectivity index (χ2n) is 7.58. The maximum atomic E-state index is 13.3. The maximum Gasteiger partial charge on any atom is 0.264 e. The quantitative estimate of drug-likeness (QED) is 0.388. The summed E-state index contributed by atoms with van der Waals surface area (Å²) in [7, 11) is 0. The molecule has 0 unspecified atom stereocenters. The number of rotatable bonds is 9. The van der Waals surface area contributed by atoms with Gasteiger partial charge in [0.15, 0.2) is 0 Å². The standard InChI is InChI=1S/C23H27Cl2N3O2/c1-3-4-5-6-7-17-12-18(13-19(15(17)2)16-8-9-16)28(10-11-29)23(30)20-21(24)26-14-27-22(20)25/h6-7,12-14,16,29H,3-5,8-11H2,1-2H3/b7-6-. The fourth-order valence-corrected chi connectivity index (χ4v) is 4.00. The smallest absolute Gasteiger partial charge is 0.264 e. The van der Waals surface area contributed by atoms with E-state index < -0.39 is 5.91 Å². The highest BCUT2D eigenvalue weighted by atomic mass is 35.5. The maximum absolute atomic E-state index is 13.3. The lowest BCUT2D eigenvalue weighted by atomic mass is 9.96. The van der Waals surface area contributed by atoms with Gasteiger partial charge in [-0.15, -0.1) is 0 Å². The highest BCUT2D eigenvalue weighted by Gasteiger charge is 2.29. The van der Waals surface area contributed by atoms with Gasteiger partial charge < -0.3 is 10.0 Å². The number of aliphatic hydroxyl groups is 1. The van der Waals surface area contributed by atoms with E-state index in [9.17, 15) is 9.90 Å². The Morgan fingerprint density at radius 3 is 2.57 bits per heavy atom. The Bertz CT molecular complexity index is 922. The first-order valence-corrected chi connectivity index (χ1v) is 11.1. The summed E-state index contributed by atoms with van der Waals surface area (Å²) in [4.78, 5) is 22.6. The third-order valence-electron chi connectivity index (χ3n) is 5.36. The first-order valence-electron chi connectivity index (χ1n) is 10.4. The molecule has 5 nitrogen and oxygen atoms in total. The number of halogens is 2. The highest BCUT2D eigenvalue weighted by Crippen LogP contribution is 2.44. The number of hydrogen-bond acceptors (Lipinski definition) is 4. The molecule has 1 N–H and O–H groups in total. The molecule has 1 saturated carbocycles. The van der Waals surface area contributed by atoms with Gasteiger partial charge in [0.05, 0.1) is 6.61 Å². The topological polar surface area (TPSA) is 66.3 Å². The summed E-state index contributed by atoms with van der Waals surface area (Å²) < 4.78 is 0. The van der Waals surface area contributed by atoms with E-state index in [1.54, 1.807) is 0 Å². The van der Waals surface area contributed by atoms with Crippen molar-refractivity contribution in [2.24, 2.45) is 0 Å². The van der Waals surface area contributed by atoms with E-state index in [1.165, 1.54) is 22.4 Å². The minimum absolute atomic E-state index is 0.00264. The summed E-state index contributed by atoms with van der Waals surface area (Å²) in [5.74, 6) is 0.0946. The lowest BCUT2D eigenvalue weighted by Gasteiger charge is -2.25. The van der Waals surface area contributed by atoms with Crippen molar-refractivity contribution < 1.29 is 9.90 Å². The fraction of sp³-hybridized carbons (Fsp3) is 0.435. The van der Waals surface area contributed by atoms with Gasteiger partial charge >= 0.3 is 0 Å². The first-order chi connectivity index (χ1) is 14.5. The van der Waals surface area contributed by atoms with E-state index in [4.69, 9.17) is 23.2 Å². The van der Waals surface area contributed by atoms with Crippen LogP contribution < -0.4 is 4.90 Å². The predicted molar refractivity (Wildman–Crippen MR) is 123 cm³/mol. The Morgan fingerprint density at radius 2 is 1.97 bits per heavy atom. The van der Waals surface area contributed by atoms with Gasteiger partial charge in [-0.1, -0.05) is 55.1 Å². The molecule has 30 heavy (non-hydrogen) atoms. The number of anilines is 1. The number of unbranched alkanes of at least 4 members (excludes halogenated alkanes) is 2. The lowest BCUT2D eigenvalue weighted by Crippen LogP contribution is -2.34. The van der Waals surface area contributed by atoms with Gasteiger partial charge in [0.25, 0.3) is 5.91 Å². The summed E-state index contributed by atoms with van der Waals surface area (Å²) in [6.07, 6.45) is 11.2. The van der Waals surface area contributed by atoms with E-state index in [2.05, 4.69) is 42.0 Å². The molecule has 1 aliphatic rings. The Labute approximate surface area is 187 Å². The van der Waals surface area contributed by atoms with Crippen LogP contribution in [-0.4, -0.2) is 34.1 Å².